The number of sulfone groups is 1. The normalized spacial score (nSPS) is 13.1. The molecule has 0 aliphatic heterocycles. The minimum Gasteiger partial charge on any atom is -0.323 e. The van der Waals surface area contributed by atoms with E-state index in [-0.39, 0.29) is 11.5 Å². The summed E-state index contributed by atoms with van der Waals surface area (Å²) < 4.78 is 24.3. The Bertz CT molecular complexity index is 654. The van der Waals surface area contributed by atoms with Crippen LogP contribution in [0.5, 0.6) is 0 Å². The molecule has 1 atom stereocenters. The Morgan fingerprint density at radius 3 is 2.20 bits per heavy atom. The van der Waals surface area contributed by atoms with Crippen LogP contribution in [0.2, 0.25) is 5.02 Å². The molecule has 2 N–H and O–H groups in total. The van der Waals surface area contributed by atoms with Crippen molar-refractivity contribution in [2.24, 2.45) is 5.73 Å². The second-order valence-corrected chi connectivity index (χ2v) is 7.24. The third-order valence-corrected chi connectivity index (χ3v) is 4.85. The summed E-state index contributed by atoms with van der Waals surface area (Å²) in [6.07, 6.45) is 0. The molecule has 0 spiro atoms. The summed E-state index contributed by atoms with van der Waals surface area (Å²) in [7, 11) is -3.26. The molecule has 5 heteroatoms. The quantitative estimate of drug-likeness (QED) is 0.923. The molecule has 1 unspecified atom stereocenters. The van der Waals surface area contributed by atoms with Gasteiger partial charge in [0.1, 0.15) is 0 Å². The zero-order valence-corrected chi connectivity index (χ0v) is 12.4. The number of benzene rings is 2. The molecule has 0 aliphatic rings. The van der Waals surface area contributed by atoms with Gasteiger partial charge in [-0.05, 0) is 23.3 Å². The molecule has 0 bridgehead atoms. The lowest BCUT2D eigenvalue weighted by molar-refractivity contribution is 0.588. The molecule has 20 heavy (non-hydrogen) atoms. The van der Waals surface area contributed by atoms with Gasteiger partial charge in [0.25, 0.3) is 0 Å². The monoisotopic (exact) mass is 309 g/mol. The maximum atomic E-state index is 12.2. The van der Waals surface area contributed by atoms with E-state index in [1.54, 1.807) is 24.3 Å². The second-order valence-electron chi connectivity index (χ2n) is 4.70. The van der Waals surface area contributed by atoms with E-state index in [9.17, 15) is 8.42 Å². The Hall–Kier alpha value is -1.36. The molecule has 2 rings (SSSR count). The van der Waals surface area contributed by atoms with Gasteiger partial charge in [-0.2, -0.15) is 0 Å². The summed E-state index contributed by atoms with van der Waals surface area (Å²) in [5, 5.41) is 0.590. The smallest absolute Gasteiger partial charge is 0.156 e. The lowest BCUT2D eigenvalue weighted by atomic mass is 10.1. The van der Waals surface area contributed by atoms with Crippen LogP contribution in [0.1, 0.15) is 17.2 Å². The van der Waals surface area contributed by atoms with Gasteiger partial charge in [0.15, 0.2) is 9.84 Å². The molecule has 2 aromatic rings. The van der Waals surface area contributed by atoms with Crippen LogP contribution in [0.4, 0.5) is 0 Å². The summed E-state index contributed by atoms with van der Waals surface area (Å²) >= 11 is 5.78. The fraction of sp³-hybridized carbons (Fsp3) is 0.200. The number of rotatable bonds is 5. The van der Waals surface area contributed by atoms with Gasteiger partial charge in [0.05, 0.1) is 11.5 Å². The molecule has 0 aromatic heterocycles. The van der Waals surface area contributed by atoms with Crippen molar-refractivity contribution in [1.82, 2.24) is 0 Å². The molecule has 0 saturated heterocycles. The van der Waals surface area contributed by atoms with Crippen LogP contribution in [0, 0.1) is 0 Å². The Morgan fingerprint density at radius 2 is 1.60 bits per heavy atom. The molecule has 0 heterocycles. The predicted molar refractivity (Wildman–Crippen MR) is 82.3 cm³/mol. The molecule has 106 valence electrons. The first-order valence-corrected chi connectivity index (χ1v) is 8.41. The van der Waals surface area contributed by atoms with Crippen molar-refractivity contribution < 1.29 is 8.42 Å². The van der Waals surface area contributed by atoms with Crippen LogP contribution in [0.3, 0.4) is 0 Å². The third kappa shape index (κ3) is 4.34. The van der Waals surface area contributed by atoms with Gasteiger partial charge in [0.2, 0.25) is 0 Å². The number of halogens is 1. The summed E-state index contributed by atoms with van der Waals surface area (Å²) in [5.74, 6) is -0.0929. The van der Waals surface area contributed by atoms with Gasteiger partial charge in [-0.1, -0.05) is 54.1 Å². The van der Waals surface area contributed by atoms with E-state index in [2.05, 4.69) is 0 Å². The summed E-state index contributed by atoms with van der Waals surface area (Å²) in [6.45, 7) is 0. The topological polar surface area (TPSA) is 60.2 Å². The minimum absolute atomic E-state index is 0.0231. The van der Waals surface area contributed by atoms with Crippen LogP contribution < -0.4 is 5.73 Å². The van der Waals surface area contributed by atoms with E-state index in [1.165, 1.54) is 0 Å². The van der Waals surface area contributed by atoms with E-state index < -0.39 is 15.9 Å². The van der Waals surface area contributed by atoms with E-state index >= 15 is 0 Å². The lowest BCUT2D eigenvalue weighted by Crippen LogP contribution is -2.22. The molecular weight excluding hydrogens is 294 g/mol. The molecule has 0 aliphatic carbocycles. The minimum atomic E-state index is -3.26. The van der Waals surface area contributed by atoms with Crippen molar-refractivity contribution in [3.8, 4) is 0 Å². The molecular formula is C15H16ClNO2S. The number of nitrogens with two attached hydrogens (primary N) is 1. The highest BCUT2D eigenvalue weighted by Gasteiger charge is 2.18. The van der Waals surface area contributed by atoms with Gasteiger partial charge in [0, 0.05) is 11.1 Å². The molecule has 2 aromatic carbocycles. The number of hydrogen-bond donors (Lipinski definition) is 1. The van der Waals surface area contributed by atoms with Crippen LogP contribution in [-0.2, 0) is 15.6 Å². The van der Waals surface area contributed by atoms with Gasteiger partial charge in [-0.3, -0.25) is 0 Å². The first-order valence-electron chi connectivity index (χ1n) is 6.22. The Labute approximate surface area is 124 Å². The standard InChI is InChI=1S/C15H16ClNO2S/c16-14-8-6-12(7-9-14)10-20(18,19)11-15(17)13-4-2-1-3-5-13/h1-9,15H,10-11,17H2. The van der Waals surface area contributed by atoms with Gasteiger partial charge >= 0.3 is 0 Å². The zero-order valence-electron chi connectivity index (χ0n) is 10.9. The van der Waals surface area contributed by atoms with Crippen LogP contribution >= 0.6 is 11.6 Å². The molecule has 0 amide bonds. The fourth-order valence-electron chi connectivity index (χ4n) is 1.96. The number of hydrogen-bond acceptors (Lipinski definition) is 3. The van der Waals surface area contributed by atoms with Gasteiger partial charge < -0.3 is 5.73 Å². The fourth-order valence-corrected chi connectivity index (χ4v) is 3.65. The van der Waals surface area contributed by atoms with E-state index in [0.717, 1.165) is 11.1 Å². The maximum absolute atomic E-state index is 12.2. The maximum Gasteiger partial charge on any atom is 0.156 e. The average Bonchev–Trinajstić information content (AvgIpc) is 2.41. The summed E-state index contributed by atoms with van der Waals surface area (Å²) in [5.41, 5.74) is 7.50. The largest absolute Gasteiger partial charge is 0.323 e. The van der Waals surface area contributed by atoms with E-state index in [4.69, 9.17) is 17.3 Å². The molecule has 0 saturated carbocycles. The van der Waals surface area contributed by atoms with Crippen molar-refractivity contribution in [3.63, 3.8) is 0 Å². The highest BCUT2D eigenvalue weighted by atomic mass is 35.5. The van der Waals surface area contributed by atoms with Crippen LogP contribution in [0.25, 0.3) is 0 Å². The highest BCUT2D eigenvalue weighted by molar-refractivity contribution is 7.90. The van der Waals surface area contributed by atoms with Crippen molar-refractivity contribution in [2.75, 3.05) is 5.75 Å². The molecule has 3 nitrogen and oxygen atoms in total. The Balaban J connectivity index is 2.06. The average molecular weight is 310 g/mol. The van der Waals surface area contributed by atoms with Crippen LogP contribution in [-0.4, -0.2) is 14.2 Å². The van der Waals surface area contributed by atoms with E-state index in [1.807, 2.05) is 30.3 Å². The van der Waals surface area contributed by atoms with Crippen molar-refractivity contribution in [1.29, 1.82) is 0 Å². The SMILES string of the molecule is NC(CS(=O)(=O)Cc1ccc(Cl)cc1)c1ccccc1. The van der Waals surface area contributed by atoms with Crippen LogP contribution in [0.15, 0.2) is 54.6 Å². The second kappa shape index (κ2) is 6.39. The van der Waals surface area contributed by atoms with Crippen molar-refractivity contribution in [3.05, 3.63) is 70.7 Å². The van der Waals surface area contributed by atoms with E-state index in [0.29, 0.717) is 5.02 Å². The van der Waals surface area contributed by atoms with Gasteiger partial charge in [-0.25, -0.2) is 8.42 Å². The highest BCUT2D eigenvalue weighted by Crippen LogP contribution is 2.16. The summed E-state index contributed by atoms with van der Waals surface area (Å²) in [4.78, 5) is 0. The first-order chi connectivity index (χ1) is 9.46. The first kappa shape index (κ1) is 15.0. The van der Waals surface area contributed by atoms with Gasteiger partial charge in [-0.15, -0.1) is 0 Å². The van der Waals surface area contributed by atoms with Crippen molar-refractivity contribution >= 4 is 21.4 Å². The lowest BCUT2D eigenvalue weighted by Gasteiger charge is -2.12. The molecule has 0 fully saturated rings. The van der Waals surface area contributed by atoms with Crippen molar-refractivity contribution in [2.45, 2.75) is 11.8 Å². The molecule has 0 radical (unpaired) electrons. The third-order valence-electron chi connectivity index (χ3n) is 2.96. The zero-order chi connectivity index (χ0) is 14.6. The predicted octanol–water partition coefficient (Wildman–Crippen LogP) is 2.95. The Morgan fingerprint density at radius 1 is 1.00 bits per heavy atom. The summed E-state index contributed by atoms with van der Waals surface area (Å²) in [6, 6.07) is 15.5. The Kier molecular flexibility index (Phi) is 4.81.